The van der Waals surface area contributed by atoms with Crippen molar-refractivity contribution in [2.45, 2.75) is 20.3 Å². The van der Waals surface area contributed by atoms with Gasteiger partial charge in [0.1, 0.15) is 0 Å². The molecule has 4 aromatic rings. The van der Waals surface area contributed by atoms with Crippen LogP contribution in [0.2, 0.25) is 0 Å². The van der Waals surface area contributed by atoms with Gasteiger partial charge in [-0.05, 0) is 60.2 Å². The number of carbonyl (C=O) groups is 1. The Morgan fingerprint density at radius 1 is 1.00 bits per heavy atom. The van der Waals surface area contributed by atoms with Gasteiger partial charge in [-0.15, -0.1) is 5.10 Å². The van der Waals surface area contributed by atoms with Crippen LogP contribution < -0.4 is 10.6 Å². The van der Waals surface area contributed by atoms with Crippen molar-refractivity contribution >= 4 is 28.2 Å². The van der Waals surface area contributed by atoms with E-state index in [1.54, 1.807) is 17.1 Å². The zero-order chi connectivity index (χ0) is 20.2. The number of hydrogen-bond acceptors (Lipinski definition) is 4. The van der Waals surface area contributed by atoms with E-state index in [9.17, 15) is 4.79 Å². The fourth-order valence-corrected chi connectivity index (χ4v) is 3.09. The largest absolute Gasteiger partial charge is 0.323 e. The van der Waals surface area contributed by atoms with E-state index in [4.69, 9.17) is 0 Å². The maximum absolute atomic E-state index is 12.3. The van der Waals surface area contributed by atoms with E-state index >= 15 is 0 Å². The van der Waals surface area contributed by atoms with Gasteiger partial charge in [-0.2, -0.15) is 0 Å². The van der Waals surface area contributed by atoms with Gasteiger partial charge in [0.2, 0.25) is 0 Å². The van der Waals surface area contributed by atoms with Crippen molar-refractivity contribution in [3.8, 4) is 5.69 Å². The van der Waals surface area contributed by atoms with Gasteiger partial charge in [-0.1, -0.05) is 25.1 Å². The van der Waals surface area contributed by atoms with Crippen LogP contribution in [0.4, 0.5) is 16.2 Å². The summed E-state index contributed by atoms with van der Waals surface area (Å²) in [6, 6.07) is 14.8. The van der Waals surface area contributed by atoms with Crippen molar-refractivity contribution in [3.05, 3.63) is 72.8 Å². The molecule has 0 saturated carbocycles. The standard InChI is InChI=1S/C22H22N6O/c1-15(2)11-20-14-28(27-26-20)21-7-5-18(6-8-21)24-22(29)25-19-4-3-17-13-23-10-9-16(17)12-19/h3-10,12-15H,11H2,1-2H3,(H2,24,25,29). The lowest BCUT2D eigenvalue weighted by Gasteiger charge is -2.09. The molecule has 0 fully saturated rings. The van der Waals surface area contributed by atoms with Gasteiger partial charge in [0.05, 0.1) is 17.6 Å². The Morgan fingerprint density at radius 3 is 2.55 bits per heavy atom. The minimum Gasteiger partial charge on any atom is -0.308 e. The Hall–Kier alpha value is -3.74. The quantitative estimate of drug-likeness (QED) is 0.522. The Kier molecular flexibility index (Phi) is 5.20. The molecule has 0 aliphatic heterocycles. The number of nitrogens with zero attached hydrogens (tertiary/aromatic N) is 4. The van der Waals surface area contributed by atoms with Crippen LogP contribution in [-0.4, -0.2) is 26.0 Å². The van der Waals surface area contributed by atoms with Crippen molar-refractivity contribution in [3.63, 3.8) is 0 Å². The first kappa shape index (κ1) is 18.6. The summed E-state index contributed by atoms with van der Waals surface area (Å²) >= 11 is 0. The molecule has 7 heteroatoms. The Bertz CT molecular complexity index is 1130. The van der Waals surface area contributed by atoms with Crippen molar-refractivity contribution in [1.82, 2.24) is 20.0 Å². The third-order valence-electron chi connectivity index (χ3n) is 4.45. The summed E-state index contributed by atoms with van der Waals surface area (Å²) < 4.78 is 1.74. The van der Waals surface area contributed by atoms with Crippen LogP contribution in [-0.2, 0) is 6.42 Å². The number of amides is 2. The lowest BCUT2D eigenvalue weighted by Crippen LogP contribution is -2.19. The minimum absolute atomic E-state index is 0.300. The maximum atomic E-state index is 12.3. The highest BCUT2D eigenvalue weighted by Crippen LogP contribution is 2.19. The van der Waals surface area contributed by atoms with Gasteiger partial charge in [0.15, 0.2) is 0 Å². The molecule has 0 bridgehead atoms. The molecule has 2 heterocycles. The van der Waals surface area contributed by atoms with Crippen LogP contribution in [0, 0.1) is 5.92 Å². The molecule has 146 valence electrons. The van der Waals surface area contributed by atoms with E-state index in [1.165, 1.54) is 0 Å². The Morgan fingerprint density at radius 2 is 1.76 bits per heavy atom. The zero-order valence-corrected chi connectivity index (χ0v) is 16.3. The van der Waals surface area contributed by atoms with E-state index in [2.05, 4.69) is 39.8 Å². The predicted octanol–water partition coefficient (Wildman–Crippen LogP) is 4.66. The highest BCUT2D eigenvalue weighted by atomic mass is 16.2. The number of aromatic nitrogens is 4. The summed E-state index contributed by atoms with van der Waals surface area (Å²) in [5.41, 5.74) is 3.27. The highest BCUT2D eigenvalue weighted by molar-refractivity contribution is 6.01. The number of urea groups is 1. The third-order valence-corrected chi connectivity index (χ3v) is 4.45. The lowest BCUT2D eigenvalue weighted by molar-refractivity contribution is 0.262. The first-order chi connectivity index (χ1) is 14.1. The summed E-state index contributed by atoms with van der Waals surface area (Å²) in [7, 11) is 0. The van der Waals surface area contributed by atoms with Gasteiger partial charge in [0.25, 0.3) is 0 Å². The number of nitrogens with one attached hydrogen (secondary N) is 2. The van der Waals surface area contributed by atoms with Gasteiger partial charge in [-0.3, -0.25) is 4.98 Å². The molecule has 29 heavy (non-hydrogen) atoms. The predicted molar refractivity (Wildman–Crippen MR) is 114 cm³/mol. The zero-order valence-electron chi connectivity index (χ0n) is 16.3. The molecule has 0 radical (unpaired) electrons. The smallest absolute Gasteiger partial charge is 0.308 e. The molecule has 0 spiro atoms. The number of hydrogen-bond donors (Lipinski definition) is 2. The van der Waals surface area contributed by atoms with Gasteiger partial charge < -0.3 is 10.6 Å². The molecule has 7 nitrogen and oxygen atoms in total. The summed E-state index contributed by atoms with van der Waals surface area (Å²) in [4.78, 5) is 16.4. The van der Waals surface area contributed by atoms with E-state index < -0.39 is 0 Å². The fraction of sp³-hybridized carbons (Fsp3) is 0.182. The number of anilines is 2. The van der Waals surface area contributed by atoms with Crippen molar-refractivity contribution in [1.29, 1.82) is 0 Å². The van der Waals surface area contributed by atoms with Gasteiger partial charge in [0, 0.05) is 29.2 Å². The normalized spacial score (nSPS) is 11.0. The molecule has 0 aliphatic rings. The minimum atomic E-state index is -0.300. The third kappa shape index (κ3) is 4.57. The lowest BCUT2D eigenvalue weighted by atomic mass is 10.1. The van der Waals surface area contributed by atoms with Crippen LogP contribution in [0.15, 0.2) is 67.1 Å². The van der Waals surface area contributed by atoms with Gasteiger partial charge in [-0.25, -0.2) is 9.48 Å². The number of rotatable bonds is 5. The van der Waals surface area contributed by atoms with E-state index in [1.807, 2.05) is 54.7 Å². The van der Waals surface area contributed by atoms with E-state index in [-0.39, 0.29) is 6.03 Å². The van der Waals surface area contributed by atoms with Crippen LogP contribution in [0.5, 0.6) is 0 Å². The first-order valence-electron chi connectivity index (χ1n) is 9.50. The number of benzene rings is 2. The molecule has 2 aromatic carbocycles. The monoisotopic (exact) mass is 386 g/mol. The SMILES string of the molecule is CC(C)Cc1cn(-c2ccc(NC(=O)Nc3ccc4cnccc4c3)cc2)nn1. The van der Waals surface area contributed by atoms with Crippen LogP contribution in [0.1, 0.15) is 19.5 Å². The average molecular weight is 386 g/mol. The molecule has 0 aliphatic carbocycles. The van der Waals surface area contributed by atoms with Gasteiger partial charge >= 0.3 is 6.03 Å². The molecular formula is C22H22N6O. The summed E-state index contributed by atoms with van der Waals surface area (Å²) in [6.07, 6.45) is 6.35. The first-order valence-corrected chi connectivity index (χ1v) is 9.50. The van der Waals surface area contributed by atoms with Crippen molar-refractivity contribution < 1.29 is 4.79 Å². The molecule has 0 atom stereocenters. The van der Waals surface area contributed by atoms with Crippen LogP contribution in [0.25, 0.3) is 16.5 Å². The topological polar surface area (TPSA) is 84.7 Å². The second-order valence-corrected chi connectivity index (χ2v) is 7.32. The number of fused-ring (bicyclic) bond motifs is 1. The maximum Gasteiger partial charge on any atom is 0.323 e. The van der Waals surface area contributed by atoms with Crippen LogP contribution >= 0.6 is 0 Å². The number of pyridine rings is 1. The average Bonchev–Trinajstić information content (AvgIpc) is 3.16. The molecule has 2 amide bonds. The van der Waals surface area contributed by atoms with Crippen molar-refractivity contribution in [2.75, 3.05) is 10.6 Å². The molecule has 2 N–H and O–H groups in total. The Balaban J connectivity index is 1.40. The van der Waals surface area contributed by atoms with E-state index in [0.717, 1.165) is 34.3 Å². The van der Waals surface area contributed by atoms with Crippen LogP contribution in [0.3, 0.4) is 0 Å². The highest BCUT2D eigenvalue weighted by Gasteiger charge is 2.07. The summed E-state index contributed by atoms with van der Waals surface area (Å²) in [5.74, 6) is 0.532. The van der Waals surface area contributed by atoms with Crippen molar-refractivity contribution in [2.24, 2.45) is 5.92 Å². The van der Waals surface area contributed by atoms with E-state index in [0.29, 0.717) is 11.6 Å². The molecule has 0 unspecified atom stereocenters. The molecule has 4 rings (SSSR count). The molecular weight excluding hydrogens is 364 g/mol. The molecule has 0 saturated heterocycles. The Labute approximate surface area is 168 Å². The fourth-order valence-electron chi connectivity index (χ4n) is 3.09. The summed E-state index contributed by atoms with van der Waals surface area (Å²) in [6.45, 7) is 4.30. The number of carbonyl (C=O) groups excluding carboxylic acids is 1. The molecule has 2 aromatic heterocycles. The second-order valence-electron chi connectivity index (χ2n) is 7.32. The summed E-state index contributed by atoms with van der Waals surface area (Å²) in [5, 5.41) is 16.1. The second kappa shape index (κ2) is 8.10.